The zero-order valence-corrected chi connectivity index (χ0v) is 18.5. The van der Waals surface area contributed by atoms with Crippen molar-refractivity contribution in [2.75, 3.05) is 0 Å². The van der Waals surface area contributed by atoms with Gasteiger partial charge in [-0.3, -0.25) is 0 Å². The monoisotopic (exact) mass is 350 g/mol. The standard InChI is InChI=1S/C26H38/c1-10-11-24(20-12-18(2)14-22(16-20)25(4,5)6)21-13-19(3)15-23(17-21)26(7,8)9/h12-17,24H,10-11H2,1-9H3. The van der Waals surface area contributed by atoms with Crippen LogP contribution in [0.2, 0.25) is 0 Å². The van der Waals surface area contributed by atoms with Crippen LogP contribution in [0.25, 0.3) is 0 Å². The fourth-order valence-electron chi connectivity index (χ4n) is 3.71. The lowest BCUT2D eigenvalue weighted by atomic mass is 9.78. The number of hydrogen-bond acceptors (Lipinski definition) is 0. The van der Waals surface area contributed by atoms with Crippen LogP contribution >= 0.6 is 0 Å². The highest BCUT2D eigenvalue weighted by Gasteiger charge is 2.21. The molecule has 26 heavy (non-hydrogen) atoms. The minimum Gasteiger partial charge on any atom is -0.0653 e. The summed E-state index contributed by atoms with van der Waals surface area (Å²) >= 11 is 0. The highest BCUT2D eigenvalue weighted by atomic mass is 14.3. The van der Waals surface area contributed by atoms with E-state index in [-0.39, 0.29) is 10.8 Å². The van der Waals surface area contributed by atoms with Crippen molar-refractivity contribution < 1.29 is 0 Å². The number of aryl methyl sites for hydroxylation is 2. The second-order valence-electron chi connectivity index (χ2n) is 10.1. The van der Waals surface area contributed by atoms with E-state index in [4.69, 9.17) is 0 Å². The normalized spacial score (nSPS) is 12.7. The fourth-order valence-corrected chi connectivity index (χ4v) is 3.71. The van der Waals surface area contributed by atoms with Crippen molar-refractivity contribution in [1.82, 2.24) is 0 Å². The van der Waals surface area contributed by atoms with Crippen LogP contribution in [-0.2, 0) is 10.8 Å². The van der Waals surface area contributed by atoms with Gasteiger partial charge in [-0.15, -0.1) is 0 Å². The predicted molar refractivity (Wildman–Crippen MR) is 117 cm³/mol. The molecular formula is C26H38. The first kappa shape index (κ1) is 20.7. The molecule has 0 aliphatic carbocycles. The lowest BCUT2D eigenvalue weighted by Gasteiger charge is -2.26. The average molecular weight is 351 g/mol. The Morgan fingerprint density at radius 3 is 1.35 bits per heavy atom. The Kier molecular flexibility index (Phi) is 6.06. The molecule has 0 saturated carbocycles. The summed E-state index contributed by atoms with van der Waals surface area (Å²) in [5.41, 5.74) is 8.94. The van der Waals surface area contributed by atoms with Crippen LogP contribution in [0.1, 0.15) is 101 Å². The molecule has 0 aliphatic heterocycles. The molecule has 2 aromatic carbocycles. The molecule has 0 nitrogen and oxygen atoms in total. The minimum atomic E-state index is 0.181. The van der Waals surface area contributed by atoms with Crippen LogP contribution in [0, 0.1) is 13.8 Å². The lowest BCUT2D eigenvalue weighted by molar-refractivity contribution is 0.583. The van der Waals surface area contributed by atoms with Crippen molar-refractivity contribution in [3.05, 3.63) is 69.8 Å². The Morgan fingerprint density at radius 1 is 0.654 bits per heavy atom. The van der Waals surface area contributed by atoms with Gasteiger partial charge in [0.25, 0.3) is 0 Å². The van der Waals surface area contributed by atoms with Crippen LogP contribution in [0.3, 0.4) is 0 Å². The quantitative estimate of drug-likeness (QED) is 0.527. The molecular weight excluding hydrogens is 312 g/mol. The van der Waals surface area contributed by atoms with E-state index in [2.05, 4.69) is 98.7 Å². The first-order chi connectivity index (χ1) is 11.9. The van der Waals surface area contributed by atoms with Gasteiger partial charge in [-0.05, 0) is 53.4 Å². The summed E-state index contributed by atoms with van der Waals surface area (Å²) in [5, 5.41) is 0. The zero-order valence-electron chi connectivity index (χ0n) is 18.5. The van der Waals surface area contributed by atoms with Crippen LogP contribution in [0.5, 0.6) is 0 Å². The Hall–Kier alpha value is -1.56. The van der Waals surface area contributed by atoms with Gasteiger partial charge >= 0.3 is 0 Å². The fraction of sp³-hybridized carbons (Fsp3) is 0.538. The summed E-state index contributed by atoms with van der Waals surface area (Å²) in [7, 11) is 0. The molecule has 0 radical (unpaired) electrons. The van der Waals surface area contributed by atoms with Gasteiger partial charge < -0.3 is 0 Å². The van der Waals surface area contributed by atoms with Crippen molar-refractivity contribution in [2.45, 2.75) is 91.9 Å². The Balaban J connectivity index is 2.61. The summed E-state index contributed by atoms with van der Waals surface area (Å²) in [6, 6.07) is 14.4. The maximum absolute atomic E-state index is 2.45. The molecule has 0 heteroatoms. The summed E-state index contributed by atoms with van der Waals surface area (Å²) in [4.78, 5) is 0. The maximum atomic E-state index is 2.45. The molecule has 2 aromatic rings. The van der Waals surface area contributed by atoms with Gasteiger partial charge in [-0.2, -0.15) is 0 Å². The van der Waals surface area contributed by atoms with Gasteiger partial charge in [0.15, 0.2) is 0 Å². The highest BCUT2D eigenvalue weighted by molar-refractivity contribution is 5.43. The second-order valence-corrected chi connectivity index (χ2v) is 10.1. The van der Waals surface area contributed by atoms with Crippen molar-refractivity contribution in [3.63, 3.8) is 0 Å². The van der Waals surface area contributed by atoms with Crippen LogP contribution in [-0.4, -0.2) is 0 Å². The Labute approximate surface area is 162 Å². The Bertz CT molecular complexity index is 687. The zero-order chi connectivity index (χ0) is 19.7. The molecule has 142 valence electrons. The molecule has 0 spiro atoms. The van der Waals surface area contributed by atoms with E-state index >= 15 is 0 Å². The minimum absolute atomic E-state index is 0.181. The van der Waals surface area contributed by atoms with E-state index in [9.17, 15) is 0 Å². The molecule has 0 aliphatic rings. The van der Waals surface area contributed by atoms with Crippen molar-refractivity contribution in [1.29, 1.82) is 0 Å². The number of benzene rings is 2. The van der Waals surface area contributed by atoms with Gasteiger partial charge in [0.2, 0.25) is 0 Å². The van der Waals surface area contributed by atoms with E-state index in [0.29, 0.717) is 5.92 Å². The van der Waals surface area contributed by atoms with Crippen LogP contribution in [0.4, 0.5) is 0 Å². The van der Waals surface area contributed by atoms with E-state index in [1.807, 2.05) is 0 Å². The van der Waals surface area contributed by atoms with Gasteiger partial charge in [0.05, 0.1) is 0 Å². The largest absolute Gasteiger partial charge is 0.0653 e. The highest BCUT2D eigenvalue weighted by Crippen LogP contribution is 2.36. The van der Waals surface area contributed by atoms with Crippen LogP contribution < -0.4 is 0 Å². The first-order valence-corrected chi connectivity index (χ1v) is 10.2. The molecule has 0 atom stereocenters. The van der Waals surface area contributed by atoms with E-state index in [0.717, 1.165) is 0 Å². The summed E-state index contributed by atoms with van der Waals surface area (Å²) in [6.07, 6.45) is 2.39. The van der Waals surface area contributed by atoms with Gasteiger partial charge in [-0.25, -0.2) is 0 Å². The SMILES string of the molecule is CCCC(c1cc(C)cc(C(C)(C)C)c1)c1cc(C)cc(C(C)(C)C)c1. The van der Waals surface area contributed by atoms with E-state index in [1.165, 1.54) is 46.2 Å². The van der Waals surface area contributed by atoms with Gasteiger partial charge in [0, 0.05) is 5.92 Å². The molecule has 0 amide bonds. The van der Waals surface area contributed by atoms with Gasteiger partial charge in [0.1, 0.15) is 0 Å². The molecule has 0 N–H and O–H groups in total. The molecule has 0 bridgehead atoms. The predicted octanol–water partition coefficient (Wildman–Crippen LogP) is 7.83. The summed E-state index contributed by atoms with van der Waals surface area (Å²) in [6.45, 7) is 20.6. The summed E-state index contributed by atoms with van der Waals surface area (Å²) in [5.74, 6) is 0.474. The second kappa shape index (κ2) is 7.59. The van der Waals surface area contributed by atoms with E-state index < -0.39 is 0 Å². The molecule has 2 rings (SSSR count). The summed E-state index contributed by atoms with van der Waals surface area (Å²) < 4.78 is 0. The number of rotatable bonds is 4. The van der Waals surface area contributed by atoms with Crippen LogP contribution in [0.15, 0.2) is 36.4 Å². The van der Waals surface area contributed by atoms with E-state index in [1.54, 1.807) is 0 Å². The molecule has 0 heterocycles. The number of hydrogen-bond donors (Lipinski definition) is 0. The van der Waals surface area contributed by atoms with Crippen molar-refractivity contribution in [2.24, 2.45) is 0 Å². The molecule has 0 saturated heterocycles. The maximum Gasteiger partial charge on any atom is 0.00896 e. The van der Waals surface area contributed by atoms with Crippen molar-refractivity contribution in [3.8, 4) is 0 Å². The third-order valence-corrected chi connectivity index (χ3v) is 5.31. The molecule has 0 fully saturated rings. The smallest absolute Gasteiger partial charge is 0.00896 e. The average Bonchev–Trinajstić information content (AvgIpc) is 2.49. The van der Waals surface area contributed by atoms with Crippen molar-refractivity contribution >= 4 is 0 Å². The lowest BCUT2D eigenvalue weighted by Crippen LogP contribution is -2.14. The topological polar surface area (TPSA) is 0 Å². The molecule has 0 aromatic heterocycles. The first-order valence-electron chi connectivity index (χ1n) is 10.2. The molecule has 0 unspecified atom stereocenters. The third-order valence-electron chi connectivity index (χ3n) is 5.31. The Morgan fingerprint density at radius 2 is 1.04 bits per heavy atom. The van der Waals surface area contributed by atoms with Gasteiger partial charge in [-0.1, -0.05) is 102 Å². The third kappa shape index (κ3) is 5.00.